The molecule has 0 aliphatic heterocycles. The lowest BCUT2D eigenvalue weighted by atomic mass is 10.3. The van der Waals surface area contributed by atoms with Crippen molar-refractivity contribution in [3.63, 3.8) is 0 Å². The van der Waals surface area contributed by atoms with Crippen molar-refractivity contribution >= 4 is 37.8 Å². The molecule has 20 heavy (non-hydrogen) atoms. The normalized spacial score (nSPS) is 11.8. The van der Waals surface area contributed by atoms with Crippen LogP contribution in [0, 0.1) is 0 Å². The molecule has 104 valence electrons. The van der Waals surface area contributed by atoms with Crippen molar-refractivity contribution in [1.29, 1.82) is 0 Å². The van der Waals surface area contributed by atoms with E-state index in [0.717, 1.165) is 29.7 Å². The fourth-order valence-corrected chi connectivity index (χ4v) is 3.21. The van der Waals surface area contributed by atoms with Crippen LogP contribution in [0.5, 0.6) is 0 Å². The fraction of sp³-hybridized carbons (Fsp3) is 0. The number of fused-ring (bicyclic) bond motifs is 1. The molecule has 0 fully saturated rings. The number of hydrogen-bond acceptors (Lipinski definition) is 7. The van der Waals surface area contributed by atoms with Gasteiger partial charge in [-0.3, -0.25) is 4.72 Å². The summed E-state index contributed by atoms with van der Waals surface area (Å²) in [6.07, 6.45) is 1.20. The number of oxazole rings is 1. The first kappa shape index (κ1) is 12.7. The highest BCUT2D eigenvalue weighted by molar-refractivity contribution is 7.93. The standard InChI is InChI=1S/C9H5FN4O4S2/c10-14-6-2-1-5(3-7(6)18-9(14)15)20(16,17)13-8-11-4-12-19-8/h1-4H,(H,11,12,13). The lowest BCUT2D eigenvalue weighted by Gasteiger charge is -2.03. The molecule has 0 saturated heterocycles. The van der Waals surface area contributed by atoms with Crippen molar-refractivity contribution in [2.75, 3.05) is 4.72 Å². The van der Waals surface area contributed by atoms with Gasteiger partial charge in [0.2, 0.25) is 5.13 Å². The Morgan fingerprint density at radius 1 is 1.40 bits per heavy atom. The molecule has 8 nitrogen and oxygen atoms in total. The molecule has 0 atom stereocenters. The van der Waals surface area contributed by atoms with Gasteiger partial charge >= 0.3 is 5.76 Å². The Morgan fingerprint density at radius 2 is 2.20 bits per heavy atom. The van der Waals surface area contributed by atoms with Gasteiger partial charge in [-0.05, 0) is 12.1 Å². The van der Waals surface area contributed by atoms with Crippen LogP contribution in [-0.4, -0.2) is 22.6 Å². The van der Waals surface area contributed by atoms with E-state index in [0.29, 0.717) is 0 Å². The third-order valence-corrected chi connectivity index (χ3v) is 4.44. The number of nitrogens with one attached hydrogen (secondary N) is 1. The summed E-state index contributed by atoms with van der Waals surface area (Å²) in [5.41, 5.74) is -0.317. The summed E-state index contributed by atoms with van der Waals surface area (Å²) in [6, 6.07) is 3.34. The van der Waals surface area contributed by atoms with Crippen molar-refractivity contribution in [2.24, 2.45) is 0 Å². The largest absolute Gasteiger partial charge is 0.448 e. The van der Waals surface area contributed by atoms with Crippen LogP contribution in [0.4, 0.5) is 9.61 Å². The first-order chi connectivity index (χ1) is 9.47. The molecule has 0 spiro atoms. The van der Waals surface area contributed by atoms with Crippen molar-refractivity contribution < 1.29 is 17.3 Å². The smallest absolute Gasteiger partial charge is 0.406 e. The molecule has 3 aromatic rings. The first-order valence-corrected chi connectivity index (χ1v) is 7.34. The Bertz CT molecular complexity index is 929. The van der Waals surface area contributed by atoms with Crippen molar-refractivity contribution in [3.8, 4) is 0 Å². The van der Waals surface area contributed by atoms with Gasteiger partial charge in [-0.25, -0.2) is 18.2 Å². The summed E-state index contributed by atoms with van der Waals surface area (Å²) < 4.78 is 47.7. The molecule has 11 heteroatoms. The Labute approximate surface area is 114 Å². The molecule has 0 radical (unpaired) electrons. The van der Waals surface area contributed by atoms with E-state index in [-0.39, 0.29) is 25.9 Å². The lowest BCUT2D eigenvalue weighted by Crippen LogP contribution is -2.12. The van der Waals surface area contributed by atoms with Gasteiger partial charge in [0.1, 0.15) is 11.8 Å². The van der Waals surface area contributed by atoms with Crippen LogP contribution in [0.1, 0.15) is 0 Å². The fourth-order valence-electron chi connectivity index (χ4n) is 1.53. The number of nitrogens with zero attached hydrogens (tertiary/aromatic N) is 3. The summed E-state index contributed by atoms with van der Waals surface area (Å²) in [4.78, 5) is 14.3. The van der Waals surface area contributed by atoms with Gasteiger partial charge in [-0.2, -0.15) is 4.37 Å². The van der Waals surface area contributed by atoms with Gasteiger partial charge in [0.25, 0.3) is 10.0 Å². The first-order valence-electron chi connectivity index (χ1n) is 5.08. The van der Waals surface area contributed by atoms with E-state index in [1.165, 1.54) is 6.33 Å². The Morgan fingerprint density at radius 3 is 2.90 bits per heavy atom. The van der Waals surface area contributed by atoms with E-state index in [1.54, 1.807) is 0 Å². The zero-order valence-electron chi connectivity index (χ0n) is 9.48. The quantitative estimate of drug-likeness (QED) is 0.772. The SMILES string of the molecule is O=c1oc2cc(S(=O)(=O)Nc3ncns3)ccc2n1F. The van der Waals surface area contributed by atoms with Gasteiger partial charge in [0.05, 0.1) is 4.90 Å². The second-order valence-electron chi connectivity index (χ2n) is 3.63. The molecule has 0 saturated carbocycles. The molecule has 2 heterocycles. The molecule has 0 aliphatic carbocycles. The minimum absolute atomic E-state index is 0.0922. The summed E-state index contributed by atoms with van der Waals surface area (Å²) in [7, 11) is -3.91. The van der Waals surface area contributed by atoms with Crippen LogP contribution in [0.15, 0.2) is 38.6 Å². The Balaban J connectivity index is 2.07. The monoisotopic (exact) mass is 316 g/mol. The van der Waals surface area contributed by atoms with Crippen LogP contribution >= 0.6 is 11.5 Å². The zero-order valence-corrected chi connectivity index (χ0v) is 11.1. The number of halogens is 1. The summed E-state index contributed by atoms with van der Waals surface area (Å²) >= 11 is 0.866. The van der Waals surface area contributed by atoms with Crippen molar-refractivity contribution in [2.45, 2.75) is 4.90 Å². The molecule has 1 N–H and O–H groups in total. The predicted molar refractivity (Wildman–Crippen MR) is 67.7 cm³/mol. The van der Waals surface area contributed by atoms with Crippen molar-refractivity contribution in [3.05, 3.63) is 35.1 Å². The second kappa shape index (κ2) is 4.38. The van der Waals surface area contributed by atoms with E-state index >= 15 is 0 Å². The number of anilines is 1. The second-order valence-corrected chi connectivity index (χ2v) is 6.09. The van der Waals surface area contributed by atoms with E-state index in [1.807, 2.05) is 0 Å². The Kier molecular flexibility index (Phi) is 2.79. The van der Waals surface area contributed by atoms with Crippen LogP contribution in [0.25, 0.3) is 11.1 Å². The highest BCUT2D eigenvalue weighted by Crippen LogP contribution is 2.21. The molecule has 0 bridgehead atoms. The molecule has 0 aliphatic rings. The van der Waals surface area contributed by atoms with E-state index in [9.17, 15) is 17.7 Å². The molecule has 3 rings (SSSR count). The minimum atomic E-state index is -3.91. The molecule has 2 aromatic heterocycles. The van der Waals surface area contributed by atoms with Gasteiger partial charge in [0.15, 0.2) is 5.58 Å². The topological polar surface area (TPSA) is 107 Å². The highest BCUT2D eigenvalue weighted by Gasteiger charge is 2.18. The number of hydrogen-bond donors (Lipinski definition) is 1. The number of sulfonamides is 1. The van der Waals surface area contributed by atoms with Gasteiger partial charge in [-0.15, -0.1) is 4.79 Å². The van der Waals surface area contributed by atoms with Crippen LogP contribution in [-0.2, 0) is 10.0 Å². The molecular weight excluding hydrogens is 311 g/mol. The van der Waals surface area contributed by atoms with Gasteiger partial charge < -0.3 is 4.42 Å². The maximum atomic E-state index is 13.2. The summed E-state index contributed by atoms with van der Waals surface area (Å²) in [5, 5.41) is 0.0922. The van der Waals surface area contributed by atoms with Crippen LogP contribution in [0.3, 0.4) is 0 Å². The lowest BCUT2D eigenvalue weighted by molar-refractivity contribution is 0.331. The van der Waals surface area contributed by atoms with Crippen LogP contribution < -0.4 is 10.5 Å². The zero-order chi connectivity index (χ0) is 14.3. The average molecular weight is 316 g/mol. The minimum Gasteiger partial charge on any atom is -0.406 e. The number of aromatic nitrogens is 3. The van der Waals surface area contributed by atoms with Gasteiger partial charge in [-0.1, -0.05) is 4.48 Å². The number of rotatable bonds is 3. The Hall–Kier alpha value is -2.27. The predicted octanol–water partition coefficient (Wildman–Crippen LogP) is 0.979. The van der Waals surface area contributed by atoms with Gasteiger partial charge in [0, 0.05) is 17.6 Å². The van der Waals surface area contributed by atoms with E-state index in [2.05, 4.69) is 18.5 Å². The third kappa shape index (κ3) is 2.06. The maximum absolute atomic E-state index is 13.2. The molecule has 1 aromatic carbocycles. The maximum Gasteiger partial charge on any atom is 0.448 e. The summed E-state index contributed by atoms with van der Waals surface area (Å²) in [5.74, 6) is -1.22. The van der Waals surface area contributed by atoms with Crippen molar-refractivity contribution in [1.82, 2.24) is 14.1 Å². The highest BCUT2D eigenvalue weighted by atomic mass is 32.2. The summed E-state index contributed by atoms with van der Waals surface area (Å²) in [6.45, 7) is 0. The van der Waals surface area contributed by atoms with Crippen LogP contribution in [0.2, 0.25) is 0 Å². The molecule has 0 amide bonds. The van der Waals surface area contributed by atoms with E-state index in [4.69, 9.17) is 0 Å². The molecular formula is C9H5FN4O4S2. The molecule has 0 unspecified atom stereocenters. The third-order valence-electron chi connectivity index (χ3n) is 2.39. The van der Waals surface area contributed by atoms with E-state index < -0.39 is 15.8 Å². The average Bonchev–Trinajstić information content (AvgIpc) is 2.98. The number of benzene rings is 1.